The molecule has 78 valence electrons. The monoisotopic (exact) mass is 207 g/mol. The number of hydrogen-bond donors (Lipinski definition) is 0. The molecule has 0 aromatic carbocycles. The van der Waals surface area contributed by atoms with Gasteiger partial charge in [-0.3, -0.25) is 4.79 Å². The number of hydrogen-bond acceptors (Lipinski definition) is 3. The van der Waals surface area contributed by atoms with E-state index >= 15 is 0 Å². The van der Waals surface area contributed by atoms with Crippen molar-refractivity contribution < 1.29 is 9.63 Å². The molecule has 0 aromatic heterocycles. The van der Waals surface area contributed by atoms with Crippen molar-refractivity contribution in [3.05, 3.63) is 0 Å². The Morgan fingerprint density at radius 1 is 1.31 bits per heavy atom. The quantitative estimate of drug-likeness (QED) is 0.711. The number of nitrogens with zero attached hydrogens (tertiary/aromatic N) is 1. The first-order valence-electron chi connectivity index (χ1n) is 4.78. The van der Waals surface area contributed by atoms with Crippen LogP contribution in [-0.4, -0.2) is 24.1 Å². The molecule has 0 aliphatic carbocycles. The van der Waals surface area contributed by atoms with Crippen molar-refractivity contribution in [2.45, 2.75) is 39.0 Å². The molecule has 0 saturated carbocycles. The number of rotatable bonds is 3. The third-order valence-electron chi connectivity index (χ3n) is 2.00. The van der Waals surface area contributed by atoms with Gasteiger partial charge in [-0.2, -0.15) is 0 Å². The van der Waals surface area contributed by atoms with E-state index in [2.05, 4.69) is 0 Å². The van der Waals surface area contributed by atoms with Crippen LogP contribution >= 0.6 is 12.4 Å². The van der Waals surface area contributed by atoms with Crippen LogP contribution in [0.15, 0.2) is 0 Å². The summed E-state index contributed by atoms with van der Waals surface area (Å²) >= 11 is 0. The van der Waals surface area contributed by atoms with Gasteiger partial charge in [-0.15, -0.1) is 17.5 Å². The van der Waals surface area contributed by atoms with Crippen LogP contribution in [-0.2, 0) is 9.63 Å². The Hall–Kier alpha value is -0.280. The summed E-state index contributed by atoms with van der Waals surface area (Å²) in [7, 11) is 0. The highest BCUT2D eigenvalue weighted by Crippen LogP contribution is 2.09. The third-order valence-corrected chi connectivity index (χ3v) is 2.00. The lowest BCUT2D eigenvalue weighted by atomic mass is 10.2. The van der Waals surface area contributed by atoms with Crippen LogP contribution in [0.1, 0.15) is 39.0 Å². The maximum Gasteiger partial charge on any atom is 0.325 e. The molecule has 4 heteroatoms. The summed E-state index contributed by atoms with van der Waals surface area (Å²) in [6.45, 7) is 3.81. The minimum absolute atomic E-state index is 0. The van der Waals surface area contributed by atoms with Gasteiger partial charge in [0.2, 0.25) is 0 Å². The first kappa shape index (κ1) is 12.7. The van der Waals surface area contributed by atoms with Crippen LogP contribution in [0, 0.1) is 0 Å². The SMILES string of the molecule is CCCC(=O)ON1CCCCC1.Cl. The number of carbonyl (C=O) groups excluding carboxylic acids is 1. The standard InChI is InChI=1S/C9H17NO2.ClH/c1-2-6-9(11)12-10-7-4-3-5-8-10;/h2-8H2,1H3;1H. The fraction of sp³-hybridized carbons (Fsp3) is 0.889. The molecule has 0 bridgehead atoms. The Morgan fingerprint density at radius 3 is 2.46 bits per heavy atom. The van der Waals surface area contributed by atoms with Crippen molar-refractivity contribution in [1.29, 1.82) is 0 Å². The molecule has 0 radical (unpaired) electrons. The van der Waals surface area contributed by atoms with E-state index < -0.39 is 0 Å². The molecule has 0 unspecified atom stereocenters. The van der Waals surface area contributed by atoms with Gasteiger partial charge in [0, 0.05) is 19.5 Å². The van der Waals surface area contributed by atoms with E-state index in [-0.39, 0.29) is 18.4 Å². The summed E-state index contributed by atoms with van der Waals surface area (Å²) in [5.41, 5.74) is 0. The summed E-state index contributed by atoms with van der Waals surface area (Å²) < 4.78 is 0. The molecular weight excluding hydrogens is 190 g/mol. The second-order valence-corrected chi connectivity index (χ2v) is 3.20. The van der Waals surface area contributed by atoms with E-state index in [1.54, 1.807) is 5.06 Å². The predicted molar refractivity (Wildman–Crippen MR) is 53.7 cm³/mol. The molecule has 1 aliphatic rings. The van der Waals surface area contributed by atoms with Crippen molar-refractivity contribution >= 4 is 18.4 Å². The number of halogens is 1. The van der Waals surface area contributed by atoms with E-state index in [9.17, 15) is 4.79 Å². The van der Waals surface area contributed by atoms with Gasteiger partial charge in [-0.05, 0) is 19.3 Å². The number of piperidine rings is 1. The summed E-state index contributed by atoms with van der Waals surface area (Å²) in [4.78, 5) is 16.2. The first-order valence-corrected chi connectivity index (χ1v) is 4.78. The zero-order valence-corrected chi connectivity index (χ0v) is 8.94. The lowest BCUT2D eigenvalue weighted by Crippen LogP contribution is -2.32. The van der Waals surface area contributed by atoms with Crippen LogP contribution in [0.25, 0.3) is 0 Å². The van der Waals surface area contributed by atoms with Gasteiger partial charge in [0.1, 0.15) is 0 Å². The maximum absolute atomic E-state index is 11.0. The fourth-order valence-corrected chi connectivity index (χ4v) is 1.35. The molecule has 1 rings (SSSR count). The summed E-state index contributed by atoms with van der Waals surface area (Å²) in [5.74, 6) is -0.0839. The second-order valence-electron chi connectivity index (χ2n) is 3.20. The van der Waals surface area contributed by atoms with Crippen molar-refractivity contribution in [3.63, 3.8) is 0 Å². The van der Waals surface area contributed by atoms with Crippen LogP contribution in [0.4, 0.5) is 0 Å². The van der Waals surface area contributed by atoms with E-state index in [0.717, 1.165) is 32.4 Å². The van der Waals surface area contributed by atoms with Gasteiger partial charge >= 0.3 is 5.97 Å². The molecule has 0 amide bonds. The summed E-state index contributed by atoms with van der Waals surface area (Å²) in [6, 6.07) is 0. The lowest BCUT2D eigenvalue weighted by molar-refractivity contribution is -0.194. The van der Waals surface area contributed by atoms with Gasteiger partial charge in [0.15, 0.2) is 0 Å². The van der Waals surface area contributed by atoms with Gasteiger partial charge in [0.05, 0.1) is 0 Å². The Morgan fingerprint density at radius 2 is 1.92 bits per heavy atom. The molecule has 3 nitrogen and oxygen atoms in total. The highest BCUT2D eigenvalue weighted by Gasteiger charge is 2.13. The molecule has 0 N–H and O–H groups in total. The van der Waals surface area contributed by atoms with Crippen LogP contribution in [0.5, 0.6) is 0 Å². The van der Waals surface area contributed by atoms with Gasteiger partial charge in [0.25, 0.3) is 0 Å². The predicted octanol–water partition coefficient (Wildman–Crippen LogP) is 2.15. The second kappa shape index (κ2) is 7.15. The molecule has 0 spiro atoms. The average molecular weight is 208 g/mol. The van der Waals surface area contributed by atoms with Crippen LogP contribution in [0.2, 0.25) is 0 Å². The van der Waals surface area contributed by atoms with Crippen molar-refractivity contribution in [3.8, 4) is 0 Å². The topological polar surface area (TPSA) is 29.5 Å². The van der Waals surface area contributed by atoms with E-state index in [1.165, 1.54) is 6.42 Å². The summed E-state index contributed by atoms with van der Waals surface area (Å²) in [6.07, 6.45) is 4.98. The largest absolute Gasteiger partial charge is 0.368 e. The van der Waals surface area contributed by atoms with Crippen LogP contribution < -0.4 is 0 Å². The summed E-state index contributed by atoms with van der Waals surface area (Å²) in [5, 5.41) is 1.79. The Kier molecular flexibility index (Phi) is 7.00. The molecule has 1 saturated heterocycles. The lowest BCUT2D eigenvalue weighted by Gasteiger charge is -2.24. The van der Waals surface area contributed by atoms with E-state index in [1.807, 2.05) is 6.92 Å². The zero-order chi connectivity index (χ0) is 8.81. The fourth-order valence-electron chi connectivity index (χ4n) is 1.35. The Balaban J connectivity index is 0.00000144. The molecule has 13 heavy (non-hydrogen) atoms. The maximum atomic E-state index is 11.0. The Bertz CT molecular complexity index is 147. The minimum Gasteiger partial charge on any atom is -0.368 e. The van der Waals surface area contributed by atoms with E-state index in [0.29, 0.717) is 6.42 Å². The number of carbonyl (C=O) groups is 1. The van der Waals surface area contributed by atoms with Gasteiger partial charge in [-0.1, -0.05) is 13.3 Å². The third kappa shape index (κ3) is 5.11. The highest BCUT2D eigenvalue weighted by molar-refractivity contribution is 5.85. The molecule has 1 fully saturated rings. The average Bonchev–Trinajstić information content (AvgIpc) is 2.06. The molecule has 1 heterocycles. The van der Waals surface area contributed by atoms with Gasteiger partial charge in [-0.25, -0.2) is 0 Å². The number of hydroxylamine groups is 2. The van der Waals surface area contributed by atoms with Gasteiger partial charge < -0.3 is 4.84 Å². The van der Waals surface area contributed by atoms with Crippen molar-refractivity contribution in [1.82, 2.24) is 5.06 Å². The van der Waals surface area contributed by atoms with Crippen LogP contribution in [0.3, 0.4) is 0 Å². The van der Waals surface area contributed by atoms with E-state index in [4.69, 9.17) is 4.84 Å². The molecule has 0 aromatic rings. The molecular formula is C9H18ClNO2. The normalized spacial score (nSPS) is 17.6. The minimum atomic E-state index is -0.0839. The first-order chi connectivity index (χ1) is 5.83. The van der Waals surface area contributed by atoms with Crippen molar-refractivity contribution in [2.24, 2.45) is 0 Å². The molecule has 0 atom stereocenters. The smallest absolute Gasteiger partial charge is 0.325 e. The zero-order valence-electron chi connectivity index (χ0n) is 8.12. The highest BCUT2D eigenvalue weighted by atomic mass is 35.5. The molecule has 1 aliphatic heterocycles. The van der Waals surface area contributed by atoms with Crippen molar-refractivity contribution in [2.75, 3.05) is 13.1 Å². The Labute approximate surface area is 85.8 Å².